The van der Waals surface area contributed by atoms with Crippen LogP contribution in [0.2, 0.25) is 0 Å². The van der Waals surface area contributed by atoms with Gasteiger partial charge in [0.25, 0.3) is 0 Å². The summed E-state index contributed by atoms with van der Waals surface area (Å²) < 4.78 is 2.36. The van der Waals surface area contributed by atoms with Crippen LogP contribution in [0.5, 0.6) is 0 Å². The maximum absolute atomic E-state index is 5.09. The van der Waals surface area contributed by atoms with E-state index in [4.69, 9.17) is 19.9 Å². The lowest BCUT2D eigenvalue weighted by atomic mass is 9.94. The number of rotatable bonds is 7. The van der Waals surface area contributed by atoms with Crippen molar-refractivity contribution in [3.8, 4) is 73.4 Å². The second-order valence-corrected chi connectivity index (χ2v) is 14.7. The molecule has 11 aromatic rings. The lowest BCUT2D eigenvalue weighted by Gasteiger charge is -2.13. The largest absolute Gasteiger partial charge is 0.308 e. The molecule has 0 aliphatic carbocycles. The van der Waals surface area contributed by atoms with E-state index in [1.54, 1.807) is 0 Å². The van der Waals surface area contributed by atoms with Crippen LogP contribution in [0.4, 0.5) is 0 Å². The maximum Gasteiger partial charge on any atom is 0.182 e. The van der Waals surface area contributed by atoms with Gasteiger partial charge < -0.3 is 4.57 Å². The van der Waals surface area contributed by atoms with E-state index in [1.165, 1.54) is 38.2 Å². The predicted molar refractivity (Wildman–Crippen MR) is 242 cm³/mol. The molecule has 0 saturated carbocycles. The van der Waals surface area contributed by atoms with E-state index >= 15 is 0 Å². The summed E-state index contributed by atoms with van der Waals surface area (Å²) in [6.45, 7) is 0. The summed E-state index contributed by atoms with van der Waals surface area (Å²) in [6.07, 6.45) is 1.95. The van der Waals surface area contributed by atoms with Crippen molar-refractivity contribution < 1.29 is 0 Å². The molecule has 0 atom stereocenters. The molecule has 0 aliphatic heterocycles. The fraction of sp³-hybridized carbons (Fsp3) is 0. The summed E-state index contributed by atoms with van der Waals surface area (Å²) in [5.74, 6) is 1.70. The number of hydrogen-bond donors (Lipinski definition) is 0. The SMILES string of the molecule is c1ccc(-c2ccc(-c3nc(-c4ccccc4)nc(-c4ccc(-n5c6cc(-c7ccccc7)ccc6c6c7ccccc7c(-c7ccccc7)cc65)cn4)n3)cc2)cc1. The number of fused-ring (bicyclic) bond motifs is 5. The molecule has 0 bridgehead atoms. The first kappa shape index (κ1) is 34.2. The van der Waals surface area contributed by atoms with Gasteiger partial charge >= 0.3 is 0 Å². The molecular formula is C54H35N5. The van der Waals surface area contributed by atoms with Crippen molar-refractivity contribution in [2.24, 2.45) is 0 Å². The molecule has 59 heavy (non-hydrogen) atoms. The lowest BCUT2D eigenvalue weighted by Crippen LogP contribution is -2.02. The summed E-state index contributed by atoms with van der Waals surface area (Å²) in [4.78, 5) is 20.1. The van der Waals surface area contributed by atoms with Gasteiger partial charge in [-0.15, -0.1) is 0 Å². The monoisotopic (exact) mass is 753 g/mol. The van der Waals surface area contributed by atoms with Crippen LogP contribution in [-0.2, 0) is 0 Å². The summed E-state index contributed by atoms with van der Waals surface area (Å²) >= 11 is 0. The van der Waals surface area contributed by atoms with Crippen LogP contribution in [0, 0.1) is 0 Å². The predicted octanol–water partition coefficient (Wildman–Crippen LogP) is 13.5. The number of hydrogen-bond acceptors (Lipinski definition) is 4. The molecule has 0 unspecified atom stereocenters. The lowest BCUT2D eigenvalue weighted by molar-refractivity contribution is 1.05. The molecule has 276 valence electrons. The Bertz CT molecular complexity index is 3270. The zero-order valence-electron chi connectivity index (χ0n) is 31.9. The maximum atomic E-state index is 5.09. The van der Waals surface area contributed by atoms with Crippen molar-refractivity contribution in [1.29, 1.82) is 0 Å². The first-order valence-electron chi connectivity index (χ1n) is 19.8. The van der Waals surface area contributed by atoms with Crippen molar-refractivity contribution in [3.05, 3.63) is 212 Å². The van der Waals surface area contributed by atoms with Crippen molar-refractivity contribution in [3.63, 3.8) is 0 Å². The van der Waals surface area contributed by atoms with E-state index < -0.39 is 0 Å². The molecule has 3 aromatic heterocycles. The van der Waals surface area contributed by atoms with Crippen LogP contribution in [0.3, 0.4) is 0 Å². The van der Waals surface area contributed by atoms with Gasteiger partial charge in [-0.25, -0.2) is 15.0 Å². The summed E-state index contributed by atoms with van der Waals surface area (Å²) in [7, 11) is 0. The number of benzene rings is 8. The van der Waals surface area contributed by atoms with Gasteiger partial charge in [-0.3, -0.25) is 4.98 Å². The first-order valence-corrected chi connectivity index (χ1v) is 19.8. The number of nitrogens with zero attached hydrogens (tertiary/aromatic N) is 5. The molecule has 8 aromatic carbocycles. The highest BCUT2D eigenvalue weighted by Gasteiger charge is 2.20. The van der Waals surface area contributed by atoms with Crippen LogP contribution in [0.15, 0.2) is 212 Å². The van der Waals surface area contributed by atoms with Gasteiger partial charge in [-0.1, -0.05) is 182 Å². The molecule has 5 nitrogen and oxygen atoms in total. The molecule has 5 heteroatoms. The zero-order valence-corrected chi connectivity index (χ0v) is 31.9. The fourth-order valence-corrected chi connectivity index (χ4v) is 8.25. The normalized spacial score (nSPS) is 11.4. The topological polar surface area (TPSA) is 56.5 Å². The molecular weight excluding hydrogens is 719 g/mol. The van der Waals surface area contributed by atoms with Crippen LogP contribution >= 0.6 is 0 Å². The van der Waals surface area contributed by atoms with E-state index in [9.17, 15) is 0 Å². The summed E-state index contributed by atoms with van der Waals surface area (Å²) in [5.41, 5.74) is 12.6. The minimum Gasteiger partial charge on any atom is -0.308 e. The van der Waals surface area contributed by atoms with Crippen molar-refractivity contribution in [2.45, 2.75) is 0 Å². The third-order valence-electron chi connectivity index (χ3n) is 11.1. The van der Waals surface area contributed by atoms with Gasteiger partial charge in [0.15, 0.2) is 17.5 Å². The van der Waals surface area contributed by atoms with E-state index in [1.807, 2.05) is 48.7 Å². The molecule has 0 N–H and O–H groups in total. The Hall–Kier alpha value is -8.02. The van der Waals surface area contributed by atoms with Crippen LogP contribution < -0.4 is 0 Å². The third kappa shape index (κ3) is 6.22. The van der Waals surface area contributed by atoms with Gasteiger partial charge in [-0.05, 0) is 68.4 Å². The van der Waals surface area contributed by atoms with Crippen LogP contribution in [0.25, 0.3) is 106 Å². The zero-order chi connectivity index (χ0) is 39.1. The molecule has 0 amide bonds. The minimum atomic E-state index is 0.512. The van der Waals surface area contributed by atoms with Gasteiger partial charge in [0.1, 0.15) is 5.69 Å². The second kappa shape index (κ2) is 14.5. The molecule has 3 heterocycles. The molecule has 0 saturated heterocycles. The quantitative estimate of drug-likeness (QED) is 0.163. The highest BCUT2D eigenvalue weighted by atomic mass is 15.1. The highest BCUT2D eigenvalue weighted by Crippen LogP contribution is 2.42. The molecule has 0 aliphatic rings. The Morgan fingerprint density at radius 2 is 0.814 bits per heavy atom. The summed E-state index contributed by atoms with van der Waals surface area (Å²) in [6, 6.07) is 72.1. The van der Waals surface area contributed by atoms with E-state index in [0.717, 1.165) is 44.5 Å². The standard InChI is InChI=1S/C54H35N5/c1-5-15-36(16-6-1)38-25-27-41(28-26-38)53-56-52(40-21-11-4-12-22-40)57-54(58-53)48-32-30-43(35-55-48)59-49-33-42(37-17-7-2-8-18-37)29-31-46(49)51-45-24-14-13-23-44(45)47(34-50(51)59)39-19-9-3-10-20-39/h1-35H. The van der Waals surface area contributed by atoms with Gasteiger partial charge in [-0.2, -0.15) is 0 Å². The highest BCUT2D eigenvalue weighted by molar-refractivity contribution is 6.24. The Labute approximate surface area is 341 Å². The summed E-state index contributed by atoms with van der Waals surface area (Å²) in [5, 5.41) is 4.84. The Morgan fingerprint density at radius 1 is 0.322 bits per heavy atom. The molecule has 0 fully saturated rings. The van der Waals surface area contributed by atoms with Gasteiger partial charge in [0.05, 0.1) is 22.9 Å². The Kier molecular flexibility index (Phi) is 8.41. The van der Waals surface area contributed by atoms with Crippen LogP contribution in [0.1, 0.15) is 0 Å². The van der Waals surface area contributed by atoms with Crippen molar-refractivity contribution in [2.75, 3.05) is 0 Å². The van der Waals surface area contributed by atoms with Gasteiger partial charge in [0.2, 0.25) is 0 Å². The average molecular weight is 754 g/mol. The Balaban J connectivity index is 1.08. The Morgan fingerprint density at radius 3 is 1.44 bits per heavy atom. The van der Waals surface area contributed by atoms with Crippen LogP contribution in [-0.4, -0.2) is 24.5 Å². The number of pyridine rings is 1. The molecule has 0 spiro atoms. The first-order chi connectivity index (χ1) is 29.2. The molecule has 11 rings (SSSR count). The van der Waals surface area contributed by atoms with Crippen molar-refractivity contribution >= 4 is 32.6 Å². The number of aromatic nitrogens is 5. The van der Waals surface area contributed by atoms with E-state index in [-0.39, 0.29) is 0 Å². The average Bonchev–Trinajstić information content (AvgIpc) is 3.66. The smallest absolute Gasteiger partial charge is 0.182 e. The fourth-order valence-electron chi connectivity index (χ4n) is 8.25. The second-order valence-electron chi connectivity index (χ2n) is 14.7. The van der Waals surface area contributed by atoms with E-state index in [0.29, 0.717) is 23.2 Å². The van der Waals surface area contributed by atoms with Crippen molar-refractivity contribution in [1.82, 2.24) is 24.5 Å². The van der Waals surface area contributed by atoms with E-state index in [2.05, 4.69) is 168 Å². The third-order valence-corrected chi connectivity index (χ3v) is 11.1. The van der Waals surface area contributed by atoms with Gasteiger partial charge in [0, 0.05) is 21.9 Å². The minimum absolute atomic E-state index is 0.512. The molecule has 0 radical (unpaired) electrons.